The monoisotopic (exact) mass is 264 g/mol. The van der Waals surface area contributed by atoms with Gasteiger partial charge in [-0.3, -0.25) is 0 Å². The van der Waals surface area contributed by atoms with Crippen LogP contribution in [0.1, 0.15) is 12.0 Å². The Bertz CT molecular complexity index is 402. The van der Waals surface area contributed by atoms with Crippen molar-refractivity contribution in [1.82, 2.24) is 10.6 Å². The molecule has 0 aromatic heterocycles. The normalized spacial score (nSPS) is 22.2. The third-order valence-corrected chi connectivity index (χ3v) is 3.20. The molecule has 5 heteroatoms. The van der Waals surface area contributed by atoms with Gasteiger partial charge in [-0.15, -0.1) is 0 Å². The fraction of sp³-hybridized carbons (Fsp3) is 0.500. The first kappa shape index (κ1) is 13.8. The predicted octanol–water partition coefficient (Wildman–Crippen LogP) is 0.680. The summed E-state index contributed by atoms with van der Waals surface area (Å²) in [7, 11) is 0. The van der Waals surface area contributed by atoms with E-state index in [9.17, 15) is 9.90 Å². The maximum absolute atomic E-state index is 11.6. The van der Waals surface area contributed by atoms with E-state index in [1.54, 1.807) is 0 Å². The van der Waals surface area contributed by atoms with Crippen LogP contribution in [0.5, 0.6) is 0 Å². The van der Waals surface area contributed by atoms with Gasteiger partial charge in [-0.25, -0.2) is 4.79 Å². The van der Waals surface area contributed by atoms with Crippen LogP contribution in [0.2, 0.25) is 0 Å². The van der Waals surface area contributed by atoms with Gasteiger partial charge in [0.15, 0.2) is 0 Å². The number of hydrogen-bond donors (Lipinski definition) is 3. The van der Waals surface area contributed by atoms with Crippen molar-refractivity contribution < 1.29 is 14.6 Å². The number of aliphatic hydroxyl groups is 1. The zero-order valence-electron chi connectivity index (χ0n) is 10.9. The molecule has 0 aliphatic carbocycles. The van der Waals surface area contributed by atoms with Gasteiger partial charge in [0, 0.05) is 19.6 Å². The highest BCUT2D eigenvalue weighted by molar-refractivity contribution is 5.73. The minimum absolute atomic E-state index is 0.226. The molecule has 0 bridgehead atoms. The summed E-state index contributed by atoms with van der Waals surface area (Å²) in [4.78, 5) is 11.6. The summed E-state index contributed by atoms with van der Waals surface area (Å²) >= 11 is 0. The Labute approximate surface area is 113 Å². The Morgan fingerprint density at radius 2 is 2.11 bits per heavy atom. The fourth-order valence-electron chi connectivity index (χ4n) is 2.01. The minimum Gasteiger partial charge on any atom is -0.386 e. The molecule has 3 N–H and O–H groups in total. The molecule has 2 amide bonds. The standard InChI is InChI=1S/C14H20N2O3/c17-13(16-10-14(18)7-9-19-11-14)15-8-6-12-4-2-1-3-5-12/h1-5,18H,6-11H2,(H2,15,16,17). The summed E-state index contributed by atoms with van der Waals surface area (Å²) in [5.41, 5.74) is 0.280. The van der Waals surface area contributed by atoms with Crippen LogP contribution in [0.25, 0.3) is 0 Å². The molecule has 1 aromatic rings. The Morgan fingerprint density at radius 3 is 2.79 bits per heavy atom. The van der Waals surface area contributed by atoms with E-state index in [4.69, 9.17) is 4.74 Å². The average molecular weight is 264 g/mol. The number of ether oxygens (including phenoxy) is 1. The first-order valence-corrected chi connectivity index (χ1v) is 6.54. The molecule has 0 spiro atoms. The van der Waals surface area contributed by atoms with Gasteiger partial charge in [-0.2, -0.15) is 0 Å². The summed E-state index contributed by atoms with van der Waals surface area (Å²) in [5, 5.41) is 15.4. The Balaban J connectivity index is 1.62. The maximum atomic E-state index is 11.6. The zero-order valence-corrected chi connectivity index (χ0v) is 10.9. The third-order valence-electron chi connectivity index (χ3n) is 3.20. The van der Waals surface area contributed by atoms with E-state index < -0.39 is 5.60 Å². The lowest BCUT2D eigenvalue weighted by molar-refractivity contribution is 0.0292. The largest absolute Gasteiger partial charge is 0.386 e. The van der Waals surface area contributed by atoms with Crippen LogP contribution in [-0.2, 0) is 11.2 Å². The van der Waals surface area contributed by atoms with Crippen molar-refractivity contribution in [3.63, 3.8) is 0 Å². The van der Waals surface area contributed by atoms with Crippen molar-refractivity contribution >= 4 is 6.03 Å². The molecule has 1 atom stereocenters. The Kier molecular flexibility index (Phi) is 4.76. The molecular weight excluding hydrogens is 244 g/mol. The molecule has 0 radical (unpaired) electrons. The molecule has 1 aromatic carbocycles. The number of nitrogens with one attached hydrogen (secondary N) is 2. The van der Waals surface area contributed by atoms with Crippen molar-refractivity contribution in [3.05, 3.63) is 35.9 Å². The highest BCUT2D eigenvalue weighted by Gasteiger charge is 2.32. The molecular formula is C14H20N2O3. The second-order valence-electron chi connectivity index (χ2n) is 4.87. The van der Waals surface area contributed by atoms with Gasteiger partial charge >= 0.3 is 6.03 Å². The van der Waals surface area contributed by atoms with Crippen molar-refractivity contribution in [2.24, 2.45) is 0 Å². The third kappa shape index (κ3) is 4.54. The van der Waals surface area contributed by atoms with Crippen LogP contribution in [0, 0.1) is 0 Å². The SMILES string of the molecule is O=C(NCCc1ccccc1)NCC1(O)CCOC1. The lowest BCUT2D eigenvalue weighted by atomic mass is 10.0. The van der Waals surface area contributed by atoms with E-state index >= 15 is 0 Å². The van der Waals surface area contributed by atoms with Gasteiger partial charge in [-0.1, -0.05) is 30.3 Å². The average Bonchev–Trinajstić information content (AvgIpc) is 2.85. The summed E-state index contributed by atoms with van der Waals surface area (Å²) in [6.45, 7) is 1.64. The Hall–Kier alpha value is -1.59. The van der Waals surface area contributed by atoms with Crippen LogP contribution >= 0.6 is 0 Å². The van der Waals surface area contributed by atoms with Crippen LogP contribution in [0.15, 0.2) is 30.3 Å². The predicted molar refractivity (Wildman–Crippen MR) is 71.9 cm³/mol. The minimum atomic E-state index is -0.906. The van der Waals surface area contributed by atoms with E-state index in [0.717, 1.165) is 6.42 Å². The van der Waals surface area contributed by atoms with Crippen molar-refractivity contribution in [3.8, 4) is 0 Å². The molecule has 1 unspecified atom stereocenters. The quantitative estimate of drug-likeness (QED) is 0.732. The molecule has 2 rings (SSSR count). The van der Waals surface area contributed by atoms with E-state index in [0.29, 0.717) is 19.6 Å². The number of amides is 2. The fourth-order valence-corrected chi connectivity index (χ4v) is 2.01. The van der Waals surface area contributed by atoms with E-state index in [2.05, 4.69) is 10.6 Å². The summed E-state index contributed by atoms with van der Waals surface area (Å²) in [6.07, 6.45) is 1.36. The van der Waals surface area contributed by atoms with Crippen molar-refractivity contribution in [1.29, 1.82) is 0 Å². The van der Waals surface area contributed by atoms with Gasteiger partial charge < -0.3 is 20.5 Å². The Morgan fingerprint density at radius 1 is 1.32 bits per heavy atom. The van der Waals surface area contributed by atoms with Crippen LogP contribution < -0.4 is 10.6 Å². The maximum Gasteiger partial charge on any atom is 0.314 e. The second kappa shape index (κ2) is 6.54. The summed E-state index contributed by atoms with van der Waals surface area (Å²) in [5.74, 6) is 0. The lowest BCUT2D eigenvalue weighted by Gasteiger charge is -2.20. The molecule has 1 fully saturated rings. The van der Waals surface area contributed by atoms with Gasteiger partial charge in [0.05, 0.1) is 13.2 Å². The molecule has 1 aliphatic rings. The van der Waals surface area contributed by atoms with E-state index in [1.807, 2.05) is 30.3 Å². The van der Waals surface area contributed by atoms with E-state index in [1.165, 1.54) is 5.56 Å². The van der Waals surface area contributed by atoms with Crippen LogP contribution in [0.3, 0.4) is 0 Å². The van der Waals surface area contributed by atoms with Gasteiger partial charge in [0.1, 0.15) is 5.60 Å². The number of hydrogen-bond acceptors (Lipinski definition) is 3. The molecule has 1 heterocycles. The summed E-state index contributed by atoms with van der Waals surface area (Å²) < 4.78 is 5.11. The van der Waals surface area contributed by atoms with E-state index in [-0.39, 0.29) is 19.2 Å². The highest BCUT2D eigenvalue weighted by atomic mass is 16.5. The molecule has 19 heavy (non-hydrogen) atoms. The lowest BCUT2D eigenvalue weighted by Crippen LogP contribution is -2.47. The number of carbonyl (C=O) groups is 1. The van der Waals surface area contributed by atoms with Crippen molar-refractivity contribution in [2.75, 3.05) is 26.3 Å². The number of rotatable bonds is 5. The molecule has 5 nitrogen and oxygen atoms in total. The topological polar surface area (TPSA) is 70.6 Å². The highest BCUT2D eigenvalue weighted by Crippen LogP contribution is 2.16. The van der Waals surface area contributed by atoms with Gasteiger partial charge in [0.25, 0.3) is 0 Å². The molecule has 1 aliphatic heterocycles. The first-order chi connectivity index (χ1) is 9.18. The van der Waals surface area contributed by atoms with Crippen LogP contribution in [-0.4, -0.2) is 43.0 Å². The smallest absolute Gasteiger partial charge is 0.314 e. The molecule has 104 valence electrons. The summed E-state index contributed by atoms with van der Waals surface area (Å²) in [6, 6.07) is 9.72. The first-order valence-electron chi connectivity index (χ1n) is 6.54. The van der Waals surface area contributed by atoms with Gasteiger partial charge in [-0.05, 0) is 12.0 Å². The number of carbonyl (C=O) groups excluding carboxylic acids is 1. The molecule has 0 saturated carbocycles. The van der Waals surface area contributed by atoms with Crippen LogP contribution in [0.4, 0.5) is 4.79 Å². The van der Waals surface area contributed by atoms with Gasteiger partial charge in [0.2, 0.25) is 0 Å². The second-order valence-corrected chi connectivity index (χ2v) is 4.87. The van der Waals surface area contributed by atoms with Crippen molar-refractivity contribution in [2.45, 2.75) is 18.4 Å². The number of benzene rings is 1. The number of urea groups is 1. The zero-order chi connectivity index (χ0) is 13.6. The molecule has 1 saturated heterocycles.